The van der Waals surface area contributed by atoms with E-state index in [4.69, 9.17) is 0 Å². The van der Waals surface area contributed by atoms with Crippen molar-refractivity contribution < 1.29 is 4.39 Å². The number of piperazine rings is 1. The van der Waals surface area contributed by atoms with Crippen LogP contribution in [0.15, 0.2) is 18.2 Å². The van der Waals surface area contributed by atoms with Gasteiger partial charge in [-0.15, -0.1) is 0 Å². The van der Waals surface area contributed by atoms with E-state index in [9.17, 15) is 4.39 Å². The molecular weight excluding hydrogens is 241 g/mol. The molecule has 1 N–H and O–H groups in total. The third-order valence-corrected chi connectivity index (χ3v) is 4.14. The second-order valence-electron chi connectivity index (χ2n) is 5.59. The summed E-state index contributed by atoms with van der Waals surface area (Å²) in [7, 11) is 6.30. The Kier molecular flexibility index (Phi) is 4.55. The number of aryl methyl sites for hydroxylation is 1. The van der Waals surface area contributed by atoms with Crippen LogP contribution in [0.1, 0.15) is 17.2 Å². The highest BCUT2D eigenvalue weighted by Crippen LogP contribution is 2.24. The molecule has 4 heteroatoms. The average molecular weight is 265 g/mol. The quantitative estimate of drug-likeness (QED) is 0.896. The first-order chi connectivity index (χ1) is 9.02. The summed E-state index contributed by atoms with van der Waals surface area (Å²) in [5, 5.41) is 3.39. The van der Waals surface area contributed by atoms with Gasteiger partial charge < -0.3 is 10.2 Å². The molecule has 1 aromatic carbocycles. The SMILES string of the molecule is CNC(c1ccc(F)c(C)c1)C1CN(C)CCN1C. The summed E-state index contributed by atoms with van der Waals surface area (Å²) in [6.07, 6.45) is 0. The van der Waals surface area contributed by atoms with Crippen LogP contribution < -0.4 is 5.32 Å². The highest BCUT2D eigenvalue weighted by molar-refractivity contribution is 5.28. The molecule has 106 valence electrons. The summed E-state index contributed by atoms with van der Waals surface area (Å²) < 4.78 is 13.4. The maximum Gasteiger partial charge on any atom is 0.126 e. The first-order valence-corrected chi connectivity index (χ1v) is 6.85. The molecule has 1 aliphatic heterocycles. The Morgan fingerprint density at radius 1 is 1.32 bits per heavy atom. The van der Waals surface area contributed by atoms with Crippen molar-refractivity contribution in [1.82, 2.24) is 15.1 Å². The van der Waals surface area contributed by atoms with Gasteiger partial charge in [0.2, 0.25) is 0 Å². The second kappa shape index (κ2) is 5.99. The van der Waals surface area contributed by atoms with E-state index in [0.717, 1.165) is 25.2 Å². The largest absolute Gasteiger partial charge is 0.312 e. The van der Waals surface area contributed by atoms with Crippen molar-refractivity contribution in [2.24, 2.45) is 0 Å². The van der Waals surface area contributed by atoms with E-state index in [-0.39, 0.29) is 11.9 Å². The van der Waals surface area contributed by atoms with Gasteiger partial charge in [0.05, 0.1) is 0 Å². The molecule has 2 rings (SSSR count). The molecule has 0 aliphatic carbocycles. The van der Waals surface area contributed by atoms with Crippen molar-refractivity contribution in [2.75, 3.05) is 40.8 Å². The van der Waals surface area contributed by atoms with Gasteiger partial charge in [-0.1, -0.05) is 12.1 Å². The first kappa shape index (κ1) is 14.4. The standard InChI is InChI=1S/C15H24FN3/c1-11-9-12(5-6-13(11)16)15(17-2)14-10-18(3)7-8-19(14)4/h5-6,9,14-15,17H,7-8,10H2,1-4H3. The second-order valence-corrected chi connectivity index (χ2v) is 5.59. The molecule has 1 heterocycles. The molecule has 1 aliphatic rings. The predicted molar refractivity (Wildman–Crippen MR) is 76.9 cm³/mol. The minimum Gasteiger partial charge on any atom is -0.312 e. The summed E-state index contributed by atoms with van der Waals surface area (Å²) in [5.74, 6) is -0.132. The molecule has 2 unspecified atom stereocenters. The molecule has 3 nitrogen and oxygen atoms in total. The van der Waals surface area contributed by atoms with Gasteiger partial charge in [0.15, 0.2) is 0 Å². The van der Waals surface area contributed by atoms with Crippen molar-refractivity contribution in [2.45, 2.75) is 19.0 Å². The topological polar surface area (TPSA) is 18.5 Å². The molecule has 0 spiro atoms. The van der Waals surface area contributed by atoms with E-state index < -0.39 is 0 Å². The van der Waals surface area contributed by atoms with Crippen molar-refractivity contribution in [1.29, 1.82) is 0 Å². The van der Waals surface area contributed by atoms with Gasteiger partial charge in [0.25, 0.3) is 0 Å². The lowest BCUT2D eigenvalue weighted by molar-refractivity contribution is 0.0897. The van der Waals surface area contributed by atoms with E-state index in [1.54, 1.807) is 6.07 Å². The number of nitrogens with zero attached hydrogens (tertiary/aromatic N) is 2. The van der Waals surface area contributed by atoms with Crippen LogP contribution in [0.5, 0.6) is 0 Å². The van der Waals surface area contributed by atoms with Crippen molar-refractivity contribution >= 4 is 0 Å². The van der Waals surface area contributed by atoms with E-state index in [0.29, 0.717) is 11.6 Å². The van der Waals surface area contributed by atoms with Gasteiger partial charge >= 0.3 is 0 Å². The lowest BCUT2D eigenvalue weighted by Crippen LogP contribution is -2.54. The van der Waals surface area contributed by atoms with Gasteiger partial charge in [0.1, 0.15) is 5.82 Å². The van der Waals surface area contributed by atoms with Crippen LogP contribution >= 0.6 is 0 Å². The van der Waals surface area contributed by atoms with Crippen molar-refractivity contribution in [3.05, 3.63) is 35.1 Å². The number of hydrogen-bond donors (Lipinski definition) is 1. The fourth-order valence-electron chi connectivity index (χ4n) is 2.85. The summed E-state index contributed by atoms with van der Waals surface area (Å²) in [6, 6.07) is 6.06. The zero-order valence-electron chi connectivity index (χ0n) is 12.3. The number of rotatable bonds is 3. The van der Waals surface area contributed by atoms with Crippen LogP contribution in [0.4, 0.5) is 4.39 Å². The molecular formula is C15H24FN3. The highest BCUT2D eigenvalue weighted by Gasteiger charge is 2.30. The zero-order chi connectivity index (χ0) is 14.0. The lowest BCUT2D eigenvalue weighted by atomic mass is 9.95. The summed E-state index contributed by atoms with van der Waals surface area (Å²) in [6.45, 7) is 5.02. The fraction of sp³-hybridized carbons (Fsp3) is 0.600. The minimum atomic E-state index is -0.132. The van der Waals surface area contributed by atoms with Gasteiger partial charge in [-0.3, -0.25) is 4.90 Å². The van der Waals surface area contributed by atoms with Gasteiger partial charge in [-0.25, -0.2) is 4.39 Å². The fourth-order valence-corrected chi connectivity index (χ4v) is 2.85. The maximum absolute atomic E-state index is 13.4. The van der Waals surface area contributed by atoms with E-state index in [1.165, 1.54) is 0 Å². The molecule has 0 saturated carbocycles. The Labute approximate surface area is 115 Å². The molecule has 0 aromatic heterocycles. The van der Waals surface area contributed by atoms with Crippen molar-refractivity contribution in [3.8, 4) is 0 Å². The molecule has 2 atom stereocenters. The molecule has 1 saturated heterocycles. The Morgan fingerprint density at radius 2 is 2.05 bits per heavy atom. The molecule has 0 bridgehead atoms. The number of likely N-dealkylation sites (N-methyl/N-ethyl adjacent to an activating group) is 3. The van der Waals surface area contributed by atoms with Crippen LogP contribution in [-0.2, 0) is 0 Å². The van der Waals surface area contributed by atoms with Crippen LogP contribution in [0, 0.1) is 12.7 Å². The molecule has 0 amide bonds. The minimum absolute atomic E-state index is 0.132. The number of nitrogens with one attached hydrogen (secondary N) is 1. The summed E-state index contributed by atoms with van der Waals surface area (Å²) in [4.78, 5) is 4.74. The lowest BCUT2D eigenvalue weighted by Gasteiger charge is -2.42. The monoisotopic (exact) mass is 265 g/mol. The van der Waals surface area contributed by atoms with Crippen LogP contribution in [-0.4, -0.2) is 56.6 Å². The smallest absolute Gasteiger partial charge is 0.126 e. The molecule has 0 radical (unpaired) electrons. The summed E-state index contributed by atoms with van der Waals surface area (Å²) in [5.41, 5.74) is 1.87. The van der Waals surface area contributed by atoms with E-state index in [1.807, 2.05) is 26.1 Å². The number of halogens is 1. The van der Waals surface area contributed by atoms with Gasteiger partial charge in [-0.05, 0) is 45.3 Å². The average Bonchev–Trinajstić information content (AvgIpc) is 2.38. The van der Waals surface area contributed by atoms with E-state index >= 15 is 0 Å². The third-order valence-electron chi connectivity index (χ3n) is 4.14. The normalized spacial score (nSPS) is 23.5. The van der Waals surface area contributed by atoms with Gasteiger partial charge in [-0.2, -0.15) is 0 Å². The molecule has 1 fully saturated rings. The molecule has 1 aromatic rings. The number of benzene rings is 1. The Bertz CT molecular complexity index is 435. The first-order valence-electron chi connectivity index (χ1n) is 6.85. The predicted octanol–water partition coefficient (Wildman–Crippen LogP) is 1.64. The zero-order valence-corrected chi connectivity index (χ0v) is 12.3. The van der Waals surface area contributed by atoms with Gasteiger partial charge in [0, 0.05) is 31.7 Å². The molecule has 19 heavy (non-hydrogen) atoms. The van der Waals surface area contributed by atoms with Crippen LogP contribution in [0.2, 0.25) is 0 Å². The van der Waals surface area contributed by atoms with E-state index in [2.05, 4.69) is 29.2 Å². The third kappa shape index (κ3) is 3.14. The Hall–Kier alpha value is -0.970. The summed E-state index contributed by atoms with van der Waals surface area (Å²) >= 11 is 0. The Morgan fingerprint density at radius 3 is 2.68 bits per heavy atom. The Balaban J connectivity index is 2.25. The van der Waals surface area contributed by atoms with Crippen LogP contribution in [0.3, 0.4) is 0 Å². The number of hydrogen-bond acceptors (Lipinski definition) is 3. The highest BCUT2D eigenvalue weighted by atomic mass is 19.1. The maximum atomic E-state index is 13.4. The van der Waals surface area contributed by atoms with Crippen LogP contribution in [0.25, 0.3) is 0 Å². The van der Waals surface area contributed by atoms with Crippen molar-refractivity contribution in [3.63, 3.8) is 0 Å².